The summed E-state index contributed by atoms with van der Waals surface area (Å²) in [6, 6.07) is 8.27. The number of benzene rings is 2. The first kappa shape index (κ1) is 25.8. The highest BCUT2D eigenvalue weighted by Gasteiger charge is 2.45. The average Bonchev–Trinajstić information content (AvgIpc) is 3.02. The van der Waals surface area contributed by atoms with Crippen LogP contribution >= 0.6 is 7.82 Å². The van der Waals surface area contributed by atoms with Gasteiger partial charge in [-0.15, -0.1) is 0 Å². The molecule has 2 aromatic rings. The number of hydrogen-bond donors (Lipinski definition) is 3. The third-order valence-electron chi connectivity index (χ3n) is 4.67. The van der Waals surface area contributed by atoms with Crippen LogP contribution in [0.5, 0.6) is 0 Å². The molecule has 12 heteroatoms. The Morgan fingerprint density at radius 3 is 1.97 bits per heavy atom. The number of phosphoric acid groups is 1. The van der Waals surface area contributed by atoms with Crippen LogP contribution in [0.2, 0.25) is 0 Å². The van der Waals surface area contributed by atoms with Crippen molar-refractivity contribution < 1.29 is 51.8 Å². The van der Waals surface area contributed by atoms with Gasteiger partial charge in [0.25, 0.3) is 0 Å². The van der Waals surface area contributed by atoms with Crippen molar-refractivity contribution in [3.05, 3.63) is 81.8 Å². The molecule has 3 N–H and O–H groups in total. The van der Waals surface area contributed by atoms with Crippen molar-refractivity contribution in [2.45, 2.75) is 39.3 Å². The molecule has 2 atom stereocenters. The monoisotopic (exact) mass is 500 g/mol. The lowest BCUT2D eigenvalue weighted by Gasteiger charge is -2.23. The Morgan fingerprint density at radius 2 is 1.50 bits per heavy atom. The van der Waals surface area contributed by atoms with Gasteiger partial charge in [0.15, 0.2) is 11.9 Å². The number of aliphatic hydroxyl groups excluding tert-OH is 1. The summed E-state index contributed by atoms with van der Waals surface area (Å²) in [5.74, 6) is -2.83. The van der Waals surface area contributed by atoms with Crippen molar-refractivity contribution in [2.24, 2.45) is 0 Å². The molecule has 0 fully saturated rings. The van der Waals surface area contributed by atoms with E-state index in [2.05, 4.69) is 4.52 Å². The van der Waals surface area contributed by atoms with Gasteiger partial charge in [-0.25, -0.2) is 18.1 Å². The summed E-state index contributed by atoms with van der Waals surface area (Å²) in [5, 5.41) is 9.60. The zero-order valence-electron chi connectivity index (χ0n) is 18.2. The van der Waals surface area contributed by atoms with Gasteiger partial charge in [0.1, 0.15) is 31.0 Å². The Kier molecular flexibility index (Phi) is 8.06. The summed E-state index contributed by atoms with van der Waals surface area (Å²) in [5.41, 5.74) is 2.01. The first-order valence-corrected chi connectivity index (χ1v) is 11.6. The van der Waals surface area contributed by atoms with Crippen molar-refractivity contribution >= 4 is 13.8 Å². The minimum Gasteiger partial charge on any atom is -0.485 e. The second-order valence-corrected chi connectivity index (χ2v) is 8.88. The largest absolute Gasteiger partial charge is 0.485 e. The molecule has 0 saturated carbocycles. The van der Waals surface area contributed by atoms with Crippen LogP contribution in [0.4, 0.5) is 8.78 Å². The Morgan fingerprint density at radius 1 is 0.971 bits per heavy atom. The standard InChI is InChI=1S/C22H23F2O9P/c1-12-3-14(7-16(23)5-12)10-30-20-19(18(9-25)33-34(27,28)29)32-22(26)21(20)31-11-15-4-13(2)6-17(24)8-15/h3-8,18-19,25H,9-11H2,1-2H3,(H2,27,28,29). The molecule has 0 aromatic heterocycles. The van der Waals surface area contributed by atoms with E-state index in [1.165, 1.54) is 24.3 Å². The SMILES string of the molecule is Cc1cc(F)cc(COC2=C(OCc3cc(C)cc(F)c3)C(C(CO)OP(=O)(O)O)OC2=O)c1. The van der Waals surface area contributed by atoms with Gasteiger partial charge in [0.05, 0.1) is 6.61 Å². The molecule has 0 radical (unpaired) electrons. The molecule has 2 aromatic carbocycles. The Bertz CT molecular complexity index is 1100. The van der Waals surface area contributed by atoms with Crippen LogP contribution in [0.1, 0.15) is 22.3 Å². The summed E-state index contributed by atoms with van der Waals surface area (Å²) in [6.07, 6.45) is -3.25. The summed E-state index contributed by atoms with van der Waals surface area (Å²) < 4.78 is 59.6. The van der Waals surface area contributed by atoms with Gasteiger partial charge < -0.3 is 29.1 Å². The fourth-order valence-electron chi connectivity index (χ4n) is 3.44. The Labute approximate surface area is 193 Å². The summed E-state index contributed by atoms with van der Waals surface area (Å²) in [7, 11) is -5.08. The number of ether oxygens (including phenoxy) is 3. The number of aryl methyl sites for hydroxylation is 2. The first-order valence-electron chi connectivity index (χ1n) is 10.0. The van der Waals surface area contributed by atoms with Crippen molar-refractivity contribution in [3.63, 3.8) is 0 Å². The maximum Gasteiger partial charge on any atom is 0.470 e. The third-order valence-corrected chi connectivity index (χ3v) is 5.22. The molecule has 1 heterocycles. The van der Waals surface area contributed by atoms with Gasteiger partial charge in [0.2, 0.25) is 5.76 Å². The number of rotatable bonds is 10. The fraction of sp³-hybridized carbons (Fsp3) is 0.318. The molecular weight excluding hydrogens is 477 g/mol. The van der Waals surface area contributed by atoms with E-state index >= 15 is 0 Å². The zero-order valence-corrected chi connectivity index (χ0v) is 19.1. The van der Waals surface area contributed by atoms with E-state index in [1.54, 1.807) is 26.0 Å². The highest BCUT2D eigenvalue weighted by atomic mass is 31.2. The lowest BCUT2D eigenvalue weighted by molar-refractivity contribution is -0.148. The number of phosphoric ester groups is 1. The van der Waals surface area contributed by atoms with Gasteiger partial charge in [-0.1, -0.05) is 12.1 Å². The maximum absolute atomic E-state index is 13.7. The number of cyclic esters (lactones) is 1. The summed E-state index contributed by atoms with van der Waals surface area (Å²) in [6.45, 7) is 1.88. The van der Waals surface area contributed by atoms with Crippen LogP contribution in [0, 0.1) is 25.5 Å². The molecule has 184 valence electrons. The zero-order chi connectivity index (χ0) is 25.0. The van der Waals surface area contributed by atoms with Gasteiger partial charge >= 0.3 is 13.8 Å². The molecule has 0 amide bonds. The molecular formula is C22H23F2O9P. The summed E-state index contributed by atoms with van der Waals surface area (Å²) >= 11 is 0. The predicted octanol–water partition coefficient (Wildman–Crippen LogP) is 2.92. The van der Waals surface area contributed by atoms with Gasteiger partial charge in [-0.2, -0.15) is 0 Å². The lowest BCUT2D eigenvalue weighted by Crippen LogP contribution is -2.34. The van der Waals surface area contributed by atoms with E-state index in [0.717, 1.165) is 0 Å². The molecule has 9 nitrogen and oxygen atoms in total. The van der Waals surface area contributed by atoms with E-state index in [9.17, 15) is 23.2 Å². The predicted molar refractivity (Wildman–Crippen MR) is 113 cm³/mol. The van der Waals surface area contributed by atoms with Crippen LogP contribution in [-0.2, 0) is 41.3 Å². The molecule has 0 spiro atoms. The van der Waals surface area contributed by atoms with Gasteiger partial charge in [0, 0.05) is 0 Å². The molecule has 2 unspecified atom stereocenters. The van der Waals surface area contributed by atoms with Gasteiger partial charge in [-0.3, -0.25) is 4.52 Å². The van der Waals surface area contributed by atoms with E-state index in [-0.39, 0.29) is 19.0 Å². The number of carbonyl (C=O) groups excluding carboxylic acids is 1. The van der Waals surface area contributed by atoms with Crippen LogP contribution in [0.25, 0.3) is 0 Å². The molecule has 34 heavy (non-hydrogen) atoms. The second-order valence-electron chi connectivity index (χ2n) is 7.69. The van der Waals surface area contributed by atoms with Crippen LogP contribution < -0.4 is 0 Å². The number of aliphatic hydroxyl groups is 1. The Balaban J connectivity index is 1.91. The van der Waals surface area contributed by atoms with Crippen molar-refractivity contribution in [3.8, 4) is 0 Å². The maximum atomic E-state index is 13.7. The van der Waals surface area contributed by atoms with Crippen LogP contribution in [-0.4, -0.2) is 39.7 Å². The number of hydrogen-bond acceptors (Lipinski definition) is 7. The van der Waals surface area contributed by atoms with E-state index in [1.807, 2.05) is 0 Å². The van der Waals surface area contributed by atoms with E-state index < -0.39 is 50.0 Å². The third kappa shape index (κ3) is 6.85. The molecule has 1 aliphatic rings. The average molecular weight is 500 g/mol. The second kappa shape index (κ2) is 10.6. The first-order chi connectivity index (χ1) is 15.9. The number of halogens is 2. The Hall–Kier alpha value is -2.82. The molecule has 0 aliphatic carbocycles. The van der Waals surface area contributed by atoms with E-state index in [4.69, 9.17) is 24.0 Å². The number of esters is 1. The van der Waals surface area contributed by atoms with Crippen LogP contribution in [0.3, 0.4) is 0 Å². The topological polar surface area (TPSA) is 132 Å². The fourth-order valence-corrected chi connectivity index (χ4v) is 3.97. The highest BCUT2D eigenvalue weighted by molar-refractivity contribution is 7.46. The molecule has 0 bridgehead atoms. The molecule has 3 rings (SSSR count). The lowest BCUT2D eigenvalue weighted by atomic mass is 10.1. The highest BCUT2D eigenvalue weighted by Crippen LogP contribution is 2.41. The smallest absolute Gasteiger partial charge is 0.470 e. The molecule has 1 aliphatic heterocycles. The minimum atomic E-state index is -5.08. The van der Waals surface area contributed by atoms with Crippen molar-refractivity contribution in [1.29, 1.82) is 0 Å². The molecule has 0 saturated heterocycles. The van der Waals surface area contributed by atoms with Crippen LogP contribution in [0.15, 0.2) is 47.9 Å². The quantitative estimate of drug-likeness (QED) is 0.333. The summed E-state index contributed by atoms with van der Waals surface area (Å²) in [4.78, 5) is 30.8. The van der Waals surface area contributed by atoms with E-state index in [0.29, 0.717) is 22.3 Å². The minimum absolute atomic E-state index is 0.259. The number of carbonyl (C=O) groups is 1. The van der Waals surface area contributed by atoms with Crippen molar-refractivity contribution in [1.82, 2.24) is 0 Å². The normalized spacial score (nSPS) is 17.0. The van der Waals surface area contributed by atoms with Gasteiger partial charge in [-0.05, 0) is 60.4 Å². The van der Waals surface area contributed by atoms with Crippen molar-refractivity contribution in [2.75, 3.05) is 6.61 Å².